The highest BCUT2D eigenvalue weighted by Crippen LogP contribution is 2.22. The fourth-order valence-electron chi connectivity index (χ4n) is 2.88. The van der Waals surface area contributed by atoms with E-state index in [2.05, 4.69) is 32.2 Å². The van der Waals surface area contributed by atoms with Crippen LogP contribution in [0, 0.1) is 20.8 Å². The van der Waals surface area contributed by atoms with Crippen LogP contribution in [0.3, 0.4) is 0 Å². The van der Waals surface area contributed by atoms with Gasteiger partial charge in [0.15, 0.2) is 5.69 Å². The number of H-pyrrole nitrogens is 1. The number of nitrogens with zero attached hydrogens (tertiary/aromatic N) is 5. The standard InChI is InChI=1S/C20H24N6O2/c1-6-7-16-13(3)21-20(22-18(16)28-5)26-19(27)17(14(4)25-26)24-23-15-10-8-12(2)9-11-15/h8-11,25H,6-7H2,1-5H3. The molecule has 0 radical (unpaired) electrons. The van der Waals surface area contributed by atoms with Crippen molar-refractivity contribution in [3.8, 4) is 11.8 Å². The average Bonchev–Trinajstić information content (AvgIpc) is 2.96. The summed E-state index contributed by atoms with van der Waals surface area (Å²) in [5.74, 6) is 0.699. The number of hydrogen-bond acceptors (Lipinski definition) is 6. The van der Waals surface area contributed by atoms with Crippen LogP contribution in [0.5, 0.6) is 5.88 Å². The van der Waals surface area contributed by atoms with Crippen molar-refractivity contribution in [1.82, 2.24) is 19.7 Å². The number of ether oxygens (including phenoxy) is 1. The van der Waals surface area contributed by atoms with Crippen LogP contribution in [-0.4, -0.2) is 26.9 Å². The predicted octanol–water partition coefficient (Wildman–Crippen LogP) is 4.26. The Morgan fingerprint density at radius 3 is 2.46 bits per heavy atom. The Morgan fingerprint density at radius 2 is 1.82 bits per heavy atom. The third-order valence-electron chi connectivity index (χ3n) is 4.40. The Kier molecular flexibility index (Phi) is 5.67. The van der Waals surface area contributed by atoms with Gasteiger partial charge in [0.25, 0.3) is 5.95 Å². The van der Waals surface area contributed by atoms with E-state index in [4.69, 9.17) is 4.74 Å². The van der Waals surface area contributed by atoms with Crippen LogP contribution in [0.25, 0.3) is 5.95 Å². The molecule has 146 valence electrons. The highest BCUT2D eigenvalue weighted by atomic mass is 16.5. The van der Waals surface area contributed by atoms with Gasteiger partial charge in [-0.3, -0.25) is 9.89 Å². The Labute approximate surface area is 163 Å². The lowest BCUT2D eigenvalue weighted by molar-refractivity contribution is 0.388. The molecule has 0 atom stereocenters. The summed E-state index contributed by atoms with van der Waals surface area (Å²) in [6.07, 6.45) is 1.76. The van der Waals surface area contributed by atoms with Gasteiger partial charge in [0, 0.05) is 11.3 Å². The van der Waals surface area contributed by atoms with E-state index in [1.165, 1.54) is 4.68 Å². The molecule has 2 heterocycles. The minimum absolute atomic E-state index is 0.221. The van der Waals surface area contributed by atoms with E-state index in [9.17, 15) is 4.79 Å². The van der Waals surface area contributed by atoms with Gasteiger partial charge >= 0.3 is 5.56 Å². The lowest BCUT2D eigenvalue weighted by Crippen LogP contribution is -2.18. The molecular weight excluding hydrogens is 356 g/mol. The second kappa shape index (κ2) is 8.16. The van der Waals surface area contributed by atoms with Crippen molar-refractivity contribution in [2.24, 2.45) is 10.2 Å². The van der Waals surface area contributed by atoms with Crippen molar-refractivity contribution in [2.75, 3.05) is 7.11 Å². The summed E-state index contributed by atoms with van der Waals surface area (Å²) in [4.78, 5) is 21.7. The fraction of sp³-hybridized carbons (Fsp3) is 0.350. The van der Waals surface area contributed by atoms with E-state index >= 15 is 0 Å². The molecule has 0 spiro atoms. The van der Waals surface area contributed by atoms with Crippen molar-refractivity contribution >= 4 is 11.4 Å². The molecule has 0 aliphatic heterocycles. The second-order valence-corrected chi connectivity index (χ2v) is 6.61. The van der Waals surface area contributed by atoms with Crippen molar-refractivity contribution in [3.05, 3.63) is 57.1 Å². The molecule has 8 nitrogen and oxygen atoms in total. The largest absolute Gasteiger partial charge is 0.481 e. The van der Waals surface area contributed by atoms with Crippen LogP contribution < -0.4 is 10.3 Å². The van der Waals surface area contributed by atoms with Crippen molar-refractivity contribution in [1.29, 1.82) is 0 Å². The third kappa shape index (κ3) is 3.85. The van der Waals surface area contributed by atoms with E-state index in [1.54, 1.807) is 14.0 Å². The molecule has 0 bridgehead atoms. The van der Waals surface area contributed by atoms with Crippen LogP contribution in [-0.2, 0) is 6.42 Å². The maximum Gasteiger partial charge on any atom is 0.301 e. The Morgan fingerprint density at radius 1 is 1.11 bits per heavy atom. The minimum Gasteiger partial charge on any atom is -0.481 e. The smallest absolute Gasteiger partial charge is 0.301 e. The summed E-state index contributed by atoms with van der Waals surface area (Å²) in [6, 6.07) is 7.58. The third-order valence-corrected chi connectivity index (χ3v) is 4.40. The molecule has 3 rings (SSSR count). The SMILES string of the molecule is CCCc1c(C)nc(-n2[nH]c(C)c(N=Nc3ccc(C)cc3)c2=O)nc1OC. The second-order valence-electron chi connectivity index (χ2n) is 6.61. The summed E-state index contributed by atoms with van der Waals surface area (Å²) >= 11 is 0. The molecule has 0 saturated carbocycles. The highest BCUT2D eigenvalue weighted by molar-refractivity contribution is 5.44. The molecule has 1 aromatic carbocycles. The summed E-state index contributed by atoms with van der Waals surface area (Å²) < 4.78 is 6.68. The van der Waals surface area contributed by atoms with E-state index < -0.39 is 0 Å². The zero-order valence-corrected chi connectivity index (χ0v) is 16.8. The fourth-order valence-corrected chi connectivity index (χ4v) is 2.88. The molecule has 0 saturated heterocycles. The maximum atomic E-state index is 12.8. The molecule has 1 N–H and O–H groups in total. The normalized spacial score (nSPS) is 11.3. The summed E-state index contributed by atoms with van der Waals surface area (Å²) in [5, 5.41) is 11.3. The Balaban J connectivity index is 2.01. The first-order valence-corrected chi connectivity index (χ1v) is 9.16. The molecule has 2 aromatic heterocycles. The van der Waals surface area contributed by atoms with Crippen molar-refractivity contribution in [3.63, 3.8) is 0 Å². The van der Waals surface area contributed by atoms with Gasteiger partial charge in [0.1, 0.15) is 0 Å². The number of nitrogens with one attached hydrogen (secondary N) is 1. The van der Waals surface area contributed by atoms with Gasteiger partial charge < -0.3 is 4.74 Å². The van der Waals surface area contributed by atoms with Crippen molar-refractivity contribution < 1.29 is 4.74 Å². The van der Waals surface area contributed by atoms with E-state index in [0.717, 1.165) is 29.7 Å². The highest BCUT2D eigenvalue weighted by Gasteiger charge is 2.18. The number of azo groups is 1. The maximum absolute atomic E-state index is 12.8. The van der Waals surface area contributed by atoms with Crippen LogP contribution >= 0.6 is 0 Å². The van der Waals surface area contributed by atoms with Crippen LogP contribution in [0.1, 0.15) is 35.9 Å². The minimum atomic E-state index is -0.363. The number of hydrogen-bond donors (Lipinski definition) is 1. The molecular formula is C20H24N6O2. The quantitative estimate of drug-likeness (QED) is 0.646. The first-order chi connectivity index (χ1) is 13.4. The monoisotopic (exact) mass is 380 g/mol. The van der Waals surface area contributed by atoms with Gasteiger partial charge in [-0.25, -0.2) is 4.98 Å². The van der Waals surface area contributed by atoms with E-state index in [0.29, 0.717) is 17.3 Å². The average molecular weight is 380 g/mol. The van der Waals surface area contributed by atoms with Gasteiger partial charge in [-0.1, -0.05) is 31.0 Å². The first-order valence-electron chi connectivity index (χ1n) is 9.16. The number of rotatable bonds is 6. The number of aromatic amines is 1. The molecule has 8 heteroatoms. The number of aryl methyl sites for hydroxylation is 3. The van der Waals surface area contributed by atoms with Crippen LogP contribution in [0.15, 0.2) is 39.3 Å². The van der Waals surface area contributed by atoms with Gasteiger partial charge in [0.05, 0.1) is 18.5 Å². The lowest BCUT2D eigenvalue weighted by atomic mass is 10.1. The number of aromatic nitrogens is 4. The summed E-state index contributed by atoms with van der Waals surface area (Å²) in [6.45, 7) is 7.73. The Hall–Kier alpha value is -3.29. The summed E-state index contributed by atoms with van der Waals surface area (Å²) in [5.41, 5.74) is 3.98. The number of methoxy groups -OCH3 is 1. The topological polar surface area (TPSA) is 97.5 Å². The molecule has 0 unspecified atom stereocenters. The zero-order chi connectivity index (χ0) is 20.3. The first kappa shape index (κ1) is 19.5. The van der Waals surface area contributed by atoms with Gasteiger partial charge in [-0.2, -0.15) is 14.8 Å². The van der Waals surface area contributed by atoms with Crippen LogP contribution in [0.4, 0.5) is 11.4 Å². The molecule has 0 aliphatic carbocycles. The van der Waals surface area contributed by atoms with Crippen LogP contribution in [0.2, 0.25) is 0 Å². The van der Waals surface area contributed by atoms with Crippen molar-refractivity contribution in [2.45, 2.75) is 40.5 Å². The summed E-state index contributed by atoms with van der Waals surface area (Å²) in [7, 11) is 1.56. The Bertz CT molecular complexity index is 1060. The predicted molar refractivity (Wildman–Crippen MR) is 107 cm³/mol. The van der Waals surface area contributed by atoms with E-state index in [-0.39, 0.29) is 17.2 Å². The molecule has 0 fully saturated rings. The molecule has 0 aliphatic rings. The zero-order valence-electron chi connectivity index (χ0n) is 16.8. The lowest BCUT2D eigenvalue weighted by Gasteiger charge is -2.11. The van der Waals surface area contributed by atoms with E-state index in [1.807, 2.05) is 38.1 Å². The molecule has 28 heavy (non-hydrogen) atoms. The number of benzene rings is 1. The van der Waals surface area contributed by atoms with Gasteiger partial charge in [0.2, 0.25) is 5.88 Å². The molecule has 3 aromatic rings. The van der Waals surface area contributed by atoms with Gasteiger partial charge in [-0.15, -0.1) is 5.11 Å². The molecule has 0 amide bonds. The van der Waals surface area contributed by atoms with Gasteiger partial charge in [-0.05, 0) is 39.3 Å².